The lowest BCUT2D eigenvalue weighted by atomic mass is 9.42. The lowest BCUT2D eigenvalue weighted by Gasteiger charge is -2.63. The molecule has 1 amide bonds. The number of hydrogen-bond donors (Lipinski definition) is 1. The van der Waals surface area contributed by atoms with E-state index in [2.05, 4.69) is 32.4 Å². The number of hydrogen-bond acceptors (Lipinski definition) is 5. The van der Waals surface area contributed by atoms with Crippen LogP contribution in [-0.4, -0.2) is 27.2 Å². The van der Waals surface area contributed by atoms with Gasteiger partial charge >= 0.3 is 6.09 Å². The first-order chi connectivity index (χ1) is 19.4. The van der Waals surface area contributed by atoms with Gasteiger partial charge in [0.25, 0.3) is 10.0 Å². The minimum atomic E-state index is -4.02. The van der Waals surface area contributed by atoms with E-state index >= 15 is 0 Å². The van der Waals surface area contributed by atoms with Crippen LogP contribution in [0.5, 0.6) is 5.75 Å². The van der Waals surface area contributed by atoms with Crippen molar-refractivity contribution in [3.05, 3.63) is 24.3 Å². The Balaban J connectivity index is 1.20. The number of fused-ring (bicyclic) bond motifs is 5. The zero-order valence-corrected chi connectivity index (χ0v) is 27.0. The summed E-state index contributed by atoms with van der Waals surface area (Å²) >= 11 is 0. The molecule has 0 aromatic heterocycles. The minimum Gasteiger partial charge on any atom is -0.491 e. The van der Waals surface area contributed by atoms with E-state index in [0.29, 0.717) is 17.1 Å². The molecule has 0 saturated heterocycles. The van der Waals surface area contributed by atoms with Crippen LogP contribution in [0.15, 0.2) is 29.2 Å². The maximum absolute atomic E-state index is 12.8. The Kier molecular flexibility index (Phi) is 8.78. The monoisotopic (exact) mass is 587 g/mol. The molecule has 1 aromatic rings. The first-order valence-electron chi connectivity index (χ1n) is 16.3. The third kappa shape index (κ3) is 5.78. The van der Waals surface area contributed by atoms with E-state index in [-0.39, 0.29) is 28.9 Å². The van der Waals surface area contributed by atoms with Gasteiger partial charge in [0.2, 0.25) is 0 Å². The van der Waals surface area contributed by atoms with Gasteiger partial charge in [-0.3, -0.25) is 0 Å². The Morgan fingerprint density at radius 3 is 2.34 bits per heavy atom. The molecule has 6 nitrogen and oxygen atoms in total. The van der Waals surface area contributed by atoms with Gasteiger partial charge in [0.15, 0.2) is 0 Å². The third-order valence-electron chi connectivity index (χ3n) is 12.2. The first-order valence-corrected chi connectivity index (χ1v) is 17.8. The summed E-state index contributed by atoms with van der Waals surface area (Å²) in [5.74, 6) is 5.47. The van der Waals surface area contributed by atoms with Crippen molar-refractivity contribution in [3.63, 3.8) is 0 Å². The summed E-state index contributed by atoms with van der Waals surface area (Å²) in [7, 11) is -4.02. The Morgan fingerprint density at radius 1 is 0.951 bits per heavy atom. The summed E-state index contributed by atoms with van der Waals surface area (Å²) in [5.41, 5.74) is 0.782. The van der Waals surface area contributed by atoms with Gasteiger partial charge in [0.05, 0.1) is 17.6 Å². The number of sulfonamides is 1. The van der Waals surface area contributed by atoms with E-state index in [1.807, 2.05) is 13.8 Å². The number of nitrogens with one attached hydrogen (secondary N) is 1. The number of ether oxygens (including phenoxy) is 2. The topological polar surface area (TPSA) is 81.7 Å². The number of rotatable bonds is 8. The largest absolute Gasteiger partial charge is 0.491 e. The van der Waals surface area contributed by atoms with Gasteiger partial charge in [0, 0.05) is 0 Å². The van der Waals surface area contributed by atoms with Gasteiger partial charge < -0.3 is 9.47 Å². The molecule has 1 N–H and O–H groups in total. The Labute approximate surface area is 248 Å². The van der Waals surface area contributed by atoms with Gasteiger partial charge in [-0.05, 0) is 135 Å². The van der Waals surface area contributed by atoms with Crippen molar-refractivity contribution < 1.29 is 22.7 Å². The first kappa shape index (κ1) is 30.7. The highest BCUT2D eigenvalue weighted by Crippen LogP contribution is 2.69. The summed E-state index contributed by atoms with van der Waals surface area (Å²) in [6.45, 7) is 13.8. The van der Waals surface area contributed by atoms with Crippen molar-refractivity contribution in [2.45, 2.75) is 117 Å². The molecule has 9 atom stereocenters. The molecule has 4 aliphatic rings. The average molecular weight is 588 g/mol. The summed E-state index contributed by atoms with van der Waals surface area (Å²) in [4.78, 5) is 12.6. The molecule has 0 heterocycles. The summed E-state index contributed by atoms with van der Waals surface area (Å²) in [6, 6.07) is 6.07. The molecule has 4 aliphatic carbocycles. The molecule has 1 aromatic carbocycles. The number of carbonyl (C=O) groups is 1. The quantitative estimate of drug-likeness (QED) is 0.331. The normalized spacial score (nSPS) is 37.4. The molecule has 7 heteroatoms. The van der Waals surface area contributed by atoms with Crippen LogP contribution in [0.1, 0.15) is 106 Å². The highest BCUT2D eigenvalue weighted by Gasteiger charge is 2.61. The lowest BCUT2D eigenvalue weighted by molar-refractivity contribution is -0.138. The van der Waals surface area contributed by atoms with Crippen molar-refractivity contribution >= 4 is 16.1 Å². The Hall–Kier alpha value is -1.76. The van der Waals surface area contributed by atoms with Crippen LogP contribution in [-0.2, 0) is 14.8 Å². The molecule has 0 bridgehead atoms. The Morgan fingerprint density at radius 2 is 1.66 bits per heavy atom. The molecule has 0 aliphatic heterocycles. The molecule has 5 rings (SSSR count). The zero-order valence-electron chi connectivity index (χ0n) is 26.2. The van der Waals surface area contributed by atoms with Crippen molar-refractivity contribution in [3.8, 4) is 5.75 Å². The second-order valence-corrected chi connectivity index (χ2v) is 16.4. The van der Waals surface area contributed by atoms with Gasteiger partial charge in [0.1, 0.15) is 5.75 Å². The SMILES string of the molecule is CC[C@H]1C[C@H]2C3CCC([C@H](C)COC(=O)NS(=O)(=O)c4ccc(OC(C)C)cc4)[C@@]3(C)CC[C@@H]2[C@@]2(C)CCCC[C@@H]12. The summed E-state index contributed by atoms with van der Waals surface area (Å²) in [5, 5.41) is 0. The molecule has 0 radical (unpaired) electrons. The number of benzene rings is 1. The standard InChI is InChI=1S/C34H53NO5S/c1-7-24-20-27-30-16-15-28(34(30,6)19-17-31(27)33(5)18-9-8-10-29(24)33)23(4)21-39-32(36)35-41(37,38)26-13-11-25(12-14-26)40-22(2)3/h11-14,22-24,27-31H,7-10,15-21H2,1-6H3,(H,35,36)/t23-,24+,27+,28?,29+,30?,31+,33+,34-/m1/s1. The van der Waals surface area contributed by atoms with Crippen LogP contribution in [0, 0.1) is 52.3 Å². The highest BCUT2D eigenvalue weighted by molar-refractivity contribution is 7.90. The van der Waals surface area contributed by atoms with Crippen molar-refractivity contribution in [2.24, 2.45) is 52.3 Å². The fourth-order valence-electron chi connectivity index (χ4n) is 10.5. The second-order valence-electron chi connectivity index (χ2n) is 14.7. The smallest absolute Gasteiger partial charge is 0.421 e. The molecular weight excluding hydrogens is 534 g/mol. The molecule has 0 spiro atoms. The summed E-state index contributed by atoms with van der Waals surface area (Å²) in [6.07, 6.45) is 12.5. The van der Waals surface area contributed by atoms with E-state index in [9.17, 15) is 13.2 Å². The highest BCUT2D eigenvalue weighted by atomic mass is 32.2. The molecular formula is C34H53NO5S. The van der Waals surface area contributed by atoms with Crippen LogP contribution in [0.3, 0.4) is 0 Å². The van der Waals surface area contributed by atoms with Gasteiger partial charge in [-0.1, -0.05) is 47.0 Å². The van der Waals surface area contributed by atoms with Crippen molar-refractivity contribution in [1.29, 1.82) is 0 Å². The molecule has 4 saturated carbocycles. The summed E-state index contributed by atoms with van der Waals surface area (Å²) < 4.78 is 38.8. The van der Waals surface area contributed by atoms with E-state index < -0.39 is 16.1 Å². The molecule has 2 unspecified atom stereocenters. The van der Waals surface area contributed by atoms with Crippen LogP contribution in [0.4, 0.5) is 4.79 Å². The molecule has 230 valence electrons. The van der Waals surface area contributed by atoms with Crippen molar-refractivity contribution in [2.75, 3.05) is 6.61 Å². The van der Waals surface area contributed by atoms with Crippen LogP contribution < -0.4 is 9.46 Å². The predicted molar refractivity (Wildman–Crippen MR) is 162 cm³/mol. The van der Waals surface area contributed by atoms with Crippen LogP contribution in [0.2, 0.25) is 0 Å². The van der Waals surface area contributed by atoms with Gasteiger partial charge in [-0.25, -0.2) is 17.9 Å². The molecule has 41 heavy (non-hydrogen) atoms. The maximum Gasteiger partial charge on any atom is 0.421 e. The van der Waals surface area contributed by atoms with E-state index in [0.717, 1.165) is 29.6 Å². The average Bonchev–Trinajstić information content (AvgIpc) is 3.28. The Bertz CT molecular complexity index is 1180. The number of amides is 1. The van der Waals surface area contributed by atoms with Crippen LogP contribution in [0.25, 0.3) is 0 Å². The maximum atomic E-state index is 12.8. The zero-order chi connectivity index (χ0) is 29.6. The fraction of sp³-hybridized carbons (Fsp3) is 0.794. The molecule has 4 fully saturated rings. The van der Waals surface area contributed by atoms with Crippen LogP contribution >= 0.6 is 0 Å². The van der Waals surface area contributed by atoms with Gasteiger partial charge in [-0.2, -0.15) is 0 Å². The fourth-order valence-corrected chi connectivity index (χ4v) is 11.4. The number of carbonyl (C=O) groups excluding carboxylic acids is 1. The third-order valence-corrected chi connectivity index (χ3v) is 13.6. The van der Waals surface area contributed by atoms with E-state index in [1.165, 1.54) is 76.3 Å². The predicted octanol–water partition coefficient (Wildman–Crippen LogP) is 8.21. The second kappa shape index (κ2) is 11.7. The lowest BCUT2D eigenvalue weighted by Crippen LogP contribution is -2.55. The van der Waals surface area contributed by atoms with E-state index in [4.69, 9.17) is 9.47 Å². The van der Waals surface area contributed by atoms with E-state index in [1.54, 1.807) is 12.1 Å². The van der Waals surface area contributed by atoms with Crippen molar-refractivity contribution in [1.82, 2.24) is 4.72 Å². The van der Waals surface area contributed by atoms with Gasteiger partial charge in [-0.15, -0.1) is 0 Å². The minimum absolute atomic E-state index is 0.00766.